The number of hydrogen-bond acceptors (Lipinski definition) is 3. The molecule has 2 heterocycles. The number of halogens is 1. The van der Waals surface area contributed by atoms with E-state index in [1.165, 1.54) is 18.4 Å². The van der Waals surface area contributed by atoms with Crippen LogP contribution >= 0.6 is 15.9 Å². The summed E-state index contributed by atoms with van der Waals surface area (Å²) in [6.45, 7) is 0.852. The summed E-state index contributed by atoms with van der Waals surface area (Å²) in [5.74, 6) is 0.895. The van der Waals surface area contributed by atoms with Crippen molar-refractivity contribution >= 4 is 15.9 Å². The van der Waals surface area contributed by atoms with Crippen LogP contribution in [0.2, 0.25) is 0 Å². The molecule has 2 aromatic heterocycles. The third kappa shape index (κ3) is 2.56. The topological polar surface area (TPSA) is 42.7 Å². The second-order valence-corrected chi connectivity index (χ2v) is 5.16. The van der Waals surface area contributed by atoms with Crippen molar-refractivity contribution < 1.29 is 0 Å². The highest BCUT2D eigenvalue weighted by Gasteiger charge is 2.20. The van der Waals surface area contributed by atoms with Crippen molar-refractivity contribution in [3.05, 3.63) is 40.8 Å². The standard InChI is InChI=1S/C12H13BrN4/c13-10-7-16-17(8-10)12-9(2-1-5-14-12)6-15-11-3-4-11/h1-2,5,7-8,11,15H,3-4,6H2. The van der Waals surface area contributed by atoms with E-state index < -0.39 is 0 Å². The average Bonchev–Trinajstić information content (AvgIpc) is 3.08. The summed E-state index contributed by atoms with van der Waals surface area (Å²) < 4.78 is 2.76. The van der Waals surface area contributed by atoms with Crippen LogP contribution in [0.4, 0.5) is 0 Å². The maximum absolute atomic E-state index is 4.40. The van der Waals surface area contributed by atoms with Gasteiger partial charge in [0.25, 0.3) is 0 Å². The van der Waals surface area contributed by atoms with Crippen molar-refractivity contribution in [2.24, 2.45) is 0 Å². The van der Waals surface area contributed by atoms with Crippen LogP contribution < -0.4 is 5.32 Å². The quantitative estimate of drug-likeness (QED) is 0.940. The molecular formula is C12H13BrN4. The highest BCUT2D eigenvalue weighted by Crippen LogP contribution is 2.20. The van der Waals surface area contributed by atoms with Crippen LogP contribution in [-0.2, 0) is 6.54 Å². The van der Waals surface area contributed by atoms with Crippen LogP contribution in [0.25, 0.3) is 5.82 Å². The summed E-state index contributed by atoms with van der Waals surface area (Å²) in [7, 11) is 0. The summed E-state index contributed by atoms with van der Waals surface area (Å²) in [4.78, 5) is 4.40. The van der Waals surface area contributed by atoms with Crippen molar-refractivity contribution in [3.63, 3.8) is 0 Å². The fourth-order valence-electron chi connectivity index (χ4n) is 1.73. The maximum Gasteiger partial charge on any atom is 0.157 e. The van der Waals surface area contributed by atoms with E-state index in [1.807, 2.05) is 12.3 Å². The highest BCUT2D eigenvalue weighted by atomic mass is 79.9. The van der Waals surface area contributed by atoms with Gasteiger partial charge < -0.3 is 5.32 Å². The van der Waals surface area contributed by atoms with E-state index in [0.717, 1.165) is 16.8 Å². The molecule has 0 bridgehead atoms. The monoisotopic (exact) mass is 292 g/mol. The van der Waals surface area contributed by atoms with Gasteiger partial charge in [0.1, 0.15) is 0 Å². The average molecular weight is 293 g/mol. The van der Waals surface area contributed by atoms with Crippen LogP contribution in [0, 0.1) is 0 Å². The zero-order valence-corrected chi connectivity index (χ0v) is 10.9. The van der Waals surface area contributed by atoms with Gasteiger partial charge in [0.05, 0.1) is 10.7 Å². The molecule has 0 radical (unpaired) electrons. The van der Waals surface area contributed by atoms with E-state index in [4.69, 9.17) is 0 Å². The van der Waals surface area contributed by atoms with Crippen LogP contribution in [-0.4, -0.2) is 20.8 Å². The largest absolute Gasteiger partial charge is 0.310 e. The van der Waals surface area contributed by atoms with E-state index in [2.05, 4.69) is 37.4 Å². The van der Waals surface area contributed by atoms with E-state index in [0.29, 0.717) is 6.04 Å². The summed E-state index contributed by atoms with van der Waals surface area (Å²) in [5.41, 5.74) is 1.18. The normalized spacial score (nSPS) is 15.1. The third-order valence-corrected chi connectivity index (χ3v) is 3.20. The van der Waals surface area contributed by atoms with Crippen molar-refractivity contribution in [2.75, 3.05) is 0 Å². The Morgan fingerprint density at radius 1 is 1.47 bits per heavy atom. The first-order valence-corrected chi connectivity index (χ1v) is 6.50. The lowest BCUT2D eigenvalue weighted by Gasteiger charge is -2.08. The molecule has 1 saturated carbocycles. The predicted octanol–water partition coefficient (Wildman–Crippen LogP) is 2.28. The SMILES string of the molecule is Brc1cnn(-c2ncccc2CNC2CC2)c1. The summed E-state index contributed by atoms with van der Waals surface area (Å²) in [6.07, 6.45) is 8.08. The minimum absolute atomic E-state index is 0.701. The molecule has 0 spiro atoms. The molecule has 1 aliphatic rings. The van der Waals surface area contributed by atoms with Gasteiger partial charge in [-0.3, -0.25) is 0 Å². The van der Waals surface area contributed by atoms with Crippen LogP contribution in [0.3, 0.4) is 0 Å². The molecule has 1 aliphatic carbocycles. The zero-order valence-electron chi connectivity index (χ0n) is 9.31. The van der Waals surface area contributed by atoms with Crippen LogP contribution in [0.15, 0.2) is 35.2 Å². The smallest absolute Gasteiger partial charge is 0.157 e. The lowest BCUT2D eigenvalue weighted by molar-refractivity contribution is 0.676. The van der Waals surface area contributed by atoms with Gasteiger partial charge in [-0.05, 0) is 34.8 Å². The number of nitrogens with one attached hydrogen (secondary N) is 1. The molecule has 0 aliphatic heterocycles. The van der Waals surface area contributed by atoms with Crippen molar-refractivity contribution in [3.8, 4) is 5.82 Å². The van der Waals surface area contributed by atoms with Crippen molar-refractivity contribution in [1.82, 2.24) is 20.1 Å². The molecule has 1 fully saturated rings. The molecule has 2 aromatic rings. The Morgan fingerprint density at radius 3 is 3.06 bits per heavy atom. The number of hydrogen-bond donors (Lipinski definition) is 1. The second-order valence-electron chi connectivity index (χ2n) is 4.24. The van der Waals surface area contributed by atoms with Crippen LogP contribution in [0.1, 0.15) is 18.4 Å². The molecule has 17 heavy (non-hydrogen) atoms. The van der Waals surface area contributed by atoms with Gasteiger partial charge in [-0.25, -0.2) is 9.67 Å². The van der Waals surface area contributed by atoms with Gasteiger partial charge in [0, 0.05) is 30.5 Å². The Bertz CT molecular complexity index is 519. The van der Waals surface area contributed by atoms with Gasteiger partial charge in [0.2, 0.25) is 0 Å². The number of rotatable bonds is 4. The van der Waals surface area contributed by atoms with Gasteiger partial charge in [0.15, 0.2) is 5.82 Å². The van der Waals surface area contributed by atoms with E-state index >= 15 is 0 Å². The predicted molar refractivity (Wildman–Crippen MR) is 68.9 cm³/mol. The number of pyridine rings is 1. The summed E-state index contributed by atoms with van der Waals surface area (Å²) >= 11 is 3.40. The molecule has 0 saturated heterocycles. The Morgan fingerprint density at radius 2 is 2.35 bits per heavy atom. The van der Waals surface area contributed by atoms with Gasteiger partial charge >= 0.3 is 0 Å². The first-order valence-electron chi connectivity index (χ1n) is 5.71. The minimum Gasteiger partial charge on any atom is -0.310 e. The molecule has 1 N–H and O–H groups in total. The fourth-order valence-corrected chi connectivity index (χ4v) is 2.02. The molecular weight excluding hydrogens is 280 g/mol. The molecule has 0 atom stereocenters. The van der Waals surface area contributed by atoms with Crippen LogP contribution in [0.5, 0.6) is 0 Å². The lowest BCUT2D eigenvalue weighted by atomic mass is 10.2. The number of nitrogens with zero attached hydrogens (tertiary/aromatic N) is 3. The Labute approximate surface area is 108 Å². The molecule has 3 rings (SSSR count). The molecule has 88 valence electrons. The van der Waals surface area contributed by atoms with Gasteiger partial charge in [-0.1, -0.05) is 6.07 Å². The van der Waals surface area contributed by atoms with E-state index in [9.17, 15) is 0 Å². The lowest BCUT2D eigenvalue weighted by Crippen LogP contribution is -2.17. The molecule has 0 aromatic carbocycles. The fraction of sp³-hybridized carbons (Fsp3) is 0.333. The van der Waals surface area contributed by atoms with Gasteiger partial charge in [-0.2, -0.15) is 5.10 Å². The van der Waals surface area contributed by atoms with Crippen molar-refractivity contribution in [1.29, 1.82) is 0 Å². The summed E-state index contributed by atoms with van der Waals surface area (Å²) in [5, 5.41) is 7.77. The molecule has 0 amide bonds. The Kier molecular flexibility index (Phi) is 2.94. The Balaban J connectivity index is 1.86. The van der Waals surface area contributed by atoms with E-state index in [1.54, 1.807) is 17.1 Å². The summed E-state index contributed by atoms with van der Waals surface area (Å²) in [6, 6.07) is 4.76. The zero-order chi connectivity index (χ0) is 11.7. The van der Waals surface area contributed by atoms with Gasteiger partial charge in [-0.15, -0.1) is 0 Å². The molecule has 4 nitrogen and oxygen atoms in total. The third-order valence-electron chi connectivity index (χ3n) is 2.79. The first kappa shape index (κ1) is 10.9. The molecule has 5 heteroatoms. The first-order chi connectivity index (χ1) is 8.33. The second kappa shape index (κ2) is 4.58. The number of aromatic nitrogens is 3. The Hall–Kier alpha value is -1.20. The van der Waals surface area contributed by atoms with Crippen molar-refractivity contribution in [2.45, 2.75) is 25.4 Å². The molecule has 0 unspecified atom stereocenters. The minimum atomic E-state index is 0.701. The maximum atomic E-state index is 4.40. The van der Waals surface area contributed by atoms with E-state index in [-0.39, 0.29) is 0 Å². The highest BCUT2D eigenvalue weighted by molar-refractivity contribution is 9.10.